The predicted octanol–water partition coefficient (Wildman–Crippen LogP) is 4.43. The second-order valence-corrected chi connectivity index (χ2v) is 21.3. The number of β-amino-alcohol motifs (C(OH)–C–C–N with tert-alkyl or cyclic N) is 1. The zero-order valence-electron chi connectivity index (χ0n) is 40.4. The first kappa shape index (κ1) is 48.1. The van der Waals surface area contributed by atoms with Gasteiger partial charge in [0.15, 0.2) is 12.0 Å². The maximum absolute atomic E-state index is 14.2. The molecule has 3 saturated heterocycles. The average Bonchev–Trinajstić information content (AvgIpc) is 3.93. The van der Waals surface area contributed by atoms with Crippen LogP contribution in [0.3, 0.4) is 0 Å². The summed E-state index contributed by atoms with van der Waals surface area (Å²) >= 11 is 0. The minimum absolute atomic E-state index is 0.0612. The summed E-state index contributed by atoms with van der Waals surface area (Å²) in [7, 11) is 0. The summed E-state index contributed by atoms with van der Waals surface area (Å²) in [5, 5.41) is 49.0. The third kappa shape index (κ3) is 10.5. The third-order valence-corrected chi connectivity index (χ3v) is 15.8. The number of phenolic OH excluding ortho intramolecular Hbond substituents is 1. The highest BCUT2D eigenvalue weighted by Crippen LogP contribution is 2.40. The number of aromatic amines is 1. The van der Waals surface area contributed by atoms with Gasteiger partial charge in [0, 0.05) is 106 Å². The van der Waals surface area contributed by atoms with Crippen molar-refractivity contribution in [3.8, 4) is 29.4 Å². The van der Waals surface area contributed by atoms with Crippen molar-refractivity contribution in [1.29, 1.82) is 0 Å². The fraction of sp³-hybridized carbons (Fsp3) is 0.585. The molecule has 9 rings (SSSR count). The molecule has 4 aliphatic heterocycles. The molecule has 5 atom stereocenters. The van der Waals surface area contributed by atoms with E-state index >= 15 is 0 Å². The second-order valence-electron chi connectivity index (χ2n) is 21.3. The van der Waals surface area contributed by atoms with Crippen LogP contribution in [-0.4, -0.2) is 162 Å². The number of hydrogen-bond acceptors (Lipinski definition) is 12. The highest BCUT2D eigenvalue weighted by atomic mass is 16.3. The number of nitrogens with one attached hydrogen (secondary N) is 3. The number of aliphatic hydroxyl groups is 2. The summed E-state index contributed by atoms with van der Waals surface area (Å²) in [5.41, 5.74) is 5.87. The molecule has 15 nitrogen and oxygen atoms in total. The van der Waals surface area contributed by atoms with Gasteiger partial charge >= 0.3 is 0 Å². The molecule has 15 heteroatoms. The molecule has 0 bridgehead atoms. The third-order valence-electron chi connectivity index (χ3n) is 15.8. The Bertz CT molecular complexity index is 2420. The number of hydrogen-bond donors (Lipinski definition) is 6. The van der Waals surface area contributed by atoms with Gasteiger partial charge in [-0.1, -0.05) is 51.0 Å². The lowest BCUT2D eigenvalue weighted by atomic mass is 9.83. The van der Waals surface area contributed by atoms with E-state index in [0.717, 1.165) is 67.8 Å². The summed E-state index contributed by atoms with van der Waals surface area (Å²) in [6.45, 7) is 16.0. The van der Waals surface area contributed by atoms with Crippen molar-refractivity contribution in [3.05, 3.63) is 77.0 Å². The van der Waals surface area contributed by atoms with E-state index in [4.69, 9.17) is 6.42 Å². The number of para-hydroxylation sites is 1. The second kappa shape index (κ2) is 20.6. The van der Waals surface area contributed by atoms with E-state index in [1.807, 2.05) is 68.1 Å². The molecule has 2 amide bonds. The first-order valence-corrected chi connectivity index (χ1v) is 25.1. The number of aliphatic hydroxyl groups excluding tert-OH is 2. The topological polar surface area (TPSA) is 177 Å². The van der Waals surface area contributed by atoms with Crippen molar-refractivity contribution in [3.63, 3.8) is 0 Å². The highest BCUT2D eigenvalue weighted by Gasteiger charge is 2.45. The van der Waals surface area contributed by atoms with Gasteiger partial charge in [0.25, 0.3) is 0 Å². The molecule has 4 aromatic rings. The number of aromatic hydroxyl groups is 1. The number of terminal acetylenes is 1. The zero-order valence-corrected chi connectivity index (χ0v) is 40.4. The predicted molar refractivity (Wildman–Crippen MR) is 263 cm³/mol. The lowest BCUT2D eigenvalue weighted by Gasteiger charge is -2.46. The quantitative estimate of drug-likeness (QED) is 0.0873. The molecule has 1 unspecified atom stereocenters. The van der Waals surface area contributed by atoms with Crippen LogP contribution in [0.15, 0.2) is 54.6 Å². The van der Waals surface area contributed by atoms with Gasteiger partial charge in [-0.25, -0.2) is 0 Å². The molecule has 6 N–H and O–H groups in total. The van der Waals surface area contributed by atoms with Crippen LogP contribution in [0.2, 0.25) is 0 Å². The van der Waals surface area contributed by atoms with E-state index in [9.17, 15) is 24.9 Å². The Morgan fingerprint density at radius 1 is 0.926 bits per heavy atom. The Balaban J connectivity index is 0.711. The van der Waals surface area contributed by atoms with Crippen molar-refractivity contribution in [2.45, 2.75) is 128 Å². The van der Waals surface area contributed by atoms with Crippen molar-refractivity contribution in [1.82, 2.24) is 50.3 Å². The van der Waals surface area contributed by atoms with Gasteiger partial charge in [0.05, 0.1) is 17.8 Å². The molecule has 1 aliphatic carbocycles. The molecular weight excluding hydrogens is 857 g/mol. The van der Waals surface area contributed by atoms with E-state index in [2.05, 4.69) is 59.4 Å². The minimum atomic E-state index is -1.03. The molecule has 1 saturated carbocycles. The number of nitrogens with zero attached hydrogens (tertiary/aromatic N) is 7. The number of carbonyl (C=O) groups excluding carboxylic acids is 2. The maximum Gasteiger partial charge on any atom is 0.243 e. The molecule has 2 aromatic carbocycles. The molecule has 4 fully saturated rings. The zero-order chi connectivity index (χ0) is 47.7. The molecule has 6 heterocycles. The Morgan fingerprint density at radius 2 is 1.65 bits per heavy atom. The van der Waals surface area contributed by atoms with Gasteiger partial charge in [-0.2, -0.15) is 0 Å². The number of piperidine rings is 1. The van der Waals surface area contributed by atoms with Crippen LogP contribution >= 0.6 is 0 Å². The normalized spacial score (nSPS) is 25.8. The first-order valence-electron chi connectivity index (χ1n) is 25.1. The number of piperazine rings is 1. The fourth-order valence-corrected chi connectivity index (χ4v) is 11.9. The van der Waals surface area contributed by atoms with Crippen molar-refractivity contribution in [2.75, 3.05) is 58.9 Å². The molecule has 0 spiro atoms. The minimum Gasteiger partial charge on any atom is -0.507 e. The number of carbonyl (C=O) groups is 2. The average molecular weight is 929 g/mol. The van der Waals surface area contributed by atoms with Crippen LogP contribution < -0.4 is 10.6 Å². The van der Waals surface area contributed by atoms with Crippen LogP contribution in [0, 0.1) is 23.7 Å². The van der Waals surface area contributed by atoms with Crippen LogP contribution in [0.1, 0.15) is 101 Å². The first-order chi connectivity index (χ1) is 32.7. The lowest BCUT2D eigenvalue weighted by molar-refractivity contribution is -0.145. The lowest BCUT2D eigenvalue weighted by Crippen LogP contribution is -2.63. The Labute approximate surface area is 401 Å². The van der Waals surface area contributed by atoms with Gasteiger partial charge < -0.3 is 40.3 Å². The van der Waals surface area contributed by atoms with Crippen LogP contribution in [0.25, 0.3) is 22.3 Å². The van der Waals surface area contributed by atoms with Gasteiger partial charge in [-0.05, 0) is 111 Å². The van der Waals surface area contributed by atoms with E-state index in [1.54, 1.807) is 6.07 Å². The number of H-pyrrole nitrogens is 1. The number of likely N-dealkylation sites (tertiary alicyclic amines) is 2. The van der Waals surface area contributed by atoms with E-state index in [0.29, 0.717) is 42.3 Å². The molecular formula is C53H72N10O5. The Hall–Kier alpha value is -4.92. The highest BCUT2D eigenvalue weighted by molar-refractivity contribution is 5.91. The maximum atomic E-state index is 14.2. The van der Waals surface area contributed by atoms with Crippen LogP contribution in [0.4, 0.5) is 0 Å². The van der Waals surface area contributed by atoms with Crippen molar-refractivity contribution in [2.24, 2.45) is 11.3 Å². The van der Waals surface area contributed by atoms with Gasteiger partial charge in [-0.3, -0.25) is 24.7 Å². The van der Waals surface area contributed by atoms with Crippen molar-refractivity contribution >= 4 is 22.8 Å². The number of aromatic nitrogens is 3. The summed E-state index contributed by atoms with van der Waals surface area (Å²) < 4.78 is 0. The SMILES string of the molecule is C#Cc1ccc(CNC(=O)[C@@H]2C[C@@H](O)CN2C(=O)[C@@H](NC(O)N2CCN(C[C@H]3CC[C@@H](N4CCC(N5CCc6[nH]c7nnc(-c8ccccc8O)cc7c6[C@H]5C)CC4)CC3)CC2)C(C)(C)C)cc1. The van der Waals surface area contributed by atoms with Crippen LogP contribution in [0.5, 0.6) is 5.75 Å². The van der Waals surface area contributed by atoms with E-state index < -0.39 is 30.0 Å². The molecule has 2 aromatic heterocycles. The number of amides is 2. The smallest absolute Gasteiger partial charge is 0.243 e. The molecule has 5 aliphatic rings. The fourth-order valence-electron chi connectivity index (χ4n) is 11.9. The summed E-state index contributed by atoms with van der Waals surface area (Å²) in [4.78, 5) is 42.7. The van der Waals surface area contributed by atoms with Gasteiger partial charge in [0.1, 0.15) is 11.8 Å². The monoisotopic (exact) mass is 929 g/mol. The summed E-state index contributed by atoms with van der Waals surface area (Å²) in [6, 6.07) is 16.7. The van der Waals surface area contributed by atoms with Gasteiger partial charge in [-0.15, -0.1) is 16.6 Å². The number of fused-ring (bicyclic) bond motifs is 3. The summed E-state index contributed by atoms with van der Waals surface area (Å²) in [6.07, 6.45) is 12.1. The molecule has 68 heavy (non-hydrogen) atoms. The largest absolute Gasteiger partial charge is 0.507 e. The summed E-state index contributed by atoms with van der Waals surface area (Å²) in [5.74, 6) is 2.86. The number of rotatable bonds is 12. The van der Waals surface area contributed by atoms with E-state index in [-0.39, 0.29) is 43.1 Å². The molecule has 364 valence electrons. The Morgan fingerprint density at radius 3 is 2.34 bits per heavy atom. The Kier molecular flexibility index (Phi) is 14.6. The van der Waals surface area contributed by atoms with E-state index in [1.165, 1.54) is 54.7 Å². The number of phenols is 1. The molecule has 0 radical (unpaired) electrons. The van der Waals surface area contributed by atoms with Gasteiger partial charge in [0.2, 0.25) is 11.8 Å². The number of benzene rings is 2. The van der Waals surface area contributed by atoms with Crippen molar-refractivity contribution < 1.29 is 24.9 Å². The van der Waals surface area contributed by atoms with Crippen LogP contribution in [-0.2, 0) is 22.6 Å². The standard InChI is InChI=1S/C53H72N10O5/c1-6-35-11-13-36(14-12-35)31-54-50(66)45-29-40(64)33-63(45)51(67)48(53(3,4)5)56-52(68)61-27-25-59(26-28-61)32-37-15-17-38(18-16-37)60-22-19-39(20-23-60)62-24-21-43-47(34(62)2)42-30-44(57-58-49(42)55-43)41-9-7-8-10-46(41)65/h1,7-14,30,34,37-40,45,48,52,56,64-65,68H,15-29,31-33H2,2-5H3,(H,54,66)(H,55,58)/t34-,37-,38+,40-,45+,48-,52?/m1/s1.